The molecule has 0 saturated heterocycles. The third-order valence-corrected chi connectivity index (χ3v) is 3.47. The number of phenols is 1. The number of aryl methyl sites for hydroxylation is 3. The topological polar surface area (TPSA) is 55.5 Å². The molecule has 0 saturated carbocycles. The summed E-state index contributed by atoms with van der Waals surface area (Å²) in [6, 6.07) is 9.66. The van der Waals surface area contributed by atoms with E-state index in [1.807, 2.05) is 33.8 Å². The van der Waals surface area contributed by atoms with Crippen molar-refractivity contribution >= 4 is 0 Å². The molecule has 1 unspecified atom stereocenters. The molecule has 21 heavy (non-hydrogen) atoms. The molecule has 2 aromatic carbocycles. The van der Waals surface area contributed by atoms with Crippen LogP contribution in [0.15, 0.2) is 30.3 Å². The molecule has 0 aliphatic heterocycles. The van der Waals surface area contributed by atoms with Crippen LogP contribution in [-0.2, 0) is 6.42 Å². The average molecular weight is 285 g/mol. The molecule has 0 aliphatic rings. The van der Waals surface area contributed by atoms with Gasteiger partial charge in [-0.25, -0.2) is 0 Å². The number of aromatic hydroxyl groups is 1. The van der Waals surface area contributed by atoms with Crippen molar-refractivity contribution in [2.24, 2.45) is 5.73 Å². The van der Waals surface area contributed by atoms with Crippen LogP contribution in [0.1, 0.15) is 29.2 Å². The first-order valence-corrected chi connectivity index (χ1v) is 7.20. The fourth-order valence-corrected chi connectivity index (χ4v) is 2.50. The standard InChI is InChI=1S/C18H23NO2/c1-11-9-16(5-6-17(11)20)21-18-12(2)7-15(8-13(18)3)10-14(4)19/h5-9,14,20H,10,19H2,1-4H3. The Labute approximate surface area is 126 Å². The lowest BCUT2D eigenvalue weighted by Gasteiger charge is -2.15. The van der Waals surface area contributed by atoms with Crippen molar-refractivity contribution in [2.45, 2.75) is 40.2 Å². The summed E-state index contributed by atoms with van der Waals surface area (Å²) in [4.78, 5) is 0. The second-order valence-corrected chi connectivity index (χ2v) is 5.79. The minimum Gasteiger partial charge on any atom is -0.508 e. The fraction of sp³-hybridized carbons (Fsp3) is 0.333. The molecule has 1 atom stereocenters. The smallest absolute Gasteiger partial charge is 0.133 e. The normalized spacial score (nSPS) is 12.2. The summed E-state index contributed by atoms with van der Waals surface area (Å²) in [5.41, 5.74) is 10.1. The Kier molecular flexibility index (Phi) is 4.53. The summed E-state index contributed by atoms with van der Waals surface area (Å²) in [6.07, 6.45) is 0.861. The van der Waals surface area contributed by atoms with Crippen LogP contribution >= 0.6 is 0 Å². The van der Waals surface area contributed by atoms with Gasteiger partial charge in [0.2, 0.25) is 0 Å². The summed E-state index contributed by atoms with van der Waals surface area (Å²) in [5, 5.41) is 9.57. The van der Waals surface area contributed by atoms with Crippen LogP contribution in [-0.4, -0.2) is 11.1 Å². The largest absolute Gasteiger partial charge is 0.508 e. The molecule has 2 aromatic rings. The van der Waals surface area contributed by atoms with Crippen molar-refractivity contribution in [2.75, 3.05) is 0 Å². The summed E-state index contributed by atoms with van der Waals surface area (Å²) in [7, 11) is 0. The Morgan fingerprint density at radius 3 is 2.19 bits per heavy atom. The van der Waals surface area contributed by atoms with Gasteiger partial charge in [-0.1, -0.05) is 12.1 Å². The fourth-order valence-electron chi connectivity index (χ4n) is 2.50. The molecule has 0 fully saturated rings. The third-order valence-electron chi connectivity index (χ3n) is 3.47. The lowest BCUT2D eigenvalue weighted by molar-refractivity contribution is 0.457. The van der Waals surface area contributed by atoms with E-state index in [0.717, 1.165) is 34.6 Å². The minimum atomic E-state index is 0.148. The summed E-state index contributed by atoms with van der Waals surface area (Å²) in [6.45, 7) is 7.95. The zero-order chi connectivity index (χ0) is 15.6. The molecule has 0 aromatic heterocycles. The Morgan fingerprint density at radius 1 is 1.05 bits per heavy atom. The molecule has 3 nitrogen and oxygen atoms in total. The van der Waals surface area contributed by atoms with E-state index in [9.17, 15) is 5.11 Å². The number of phenolic OH excluding ortho intramolecular Hbond substituents is 1. The number of nitrogens with two attached hydrogens (primary N) is 1. The maximum Gasteiger partial charge on any atom is 0.133 e. The van der Waals surface area contributed by atoms with E-state index in [1.54, 1.807) is 12.1 Å². The Balaban J connectivity index is 2.29. The van der Waals surface area contributed by atoms with Gasteiger partial charge in [-0.15, -0.1) is 0 Å². The van der Waals surface area contributed by atoms with Crippen LogP contribution in [0.2, 0.25) is 0 Å². The molecule has 3 heteroatoms. The van der Waals surface area contributed by atoms with E-state index in [1.165, 1.54) is 5.56 Å². The quantitative estimate of drug-likeness (QED) is 0.892. The van der Waals surface area contributed by atoms with Crippen LogP contribution in [0.25, 0.3) is 0 Å². The Morgan fingerprint density at radius 2 is 1.67 bits per heavy atom. The van der Waals surface area contributed by atoms with E-state index < -0.39 is 0 Å². The van der Waals surface area contributed by atoms with Gasteiger partial charge < -0.3 is 15.6 Å². The lowest BCUT2D eigenvalue weighted by atomic mass is 10.0. The number of benzene rings is 2. The SMILES string of the molecule is Cc1cc(Oc2c(C)cc(CC(C)N)cc2C)ccc1O. The van der Waals surface area contributed by atoms with Gasteiger partial charge in [-0.2, -0.15) is 0 Å². The van der Waals surface area contributed by atoms with E-state index in [2.05, 4.69) is 12.1 Å². The lowest BCUT2D eigenvalue weighted by Crippen LogP contribution is -2.17. The number of hydrogen-bond donors (Lipinski definition) is 2. The highest BCUT2D eigenvalue weighted by atomic mass is 16.5. The molecule has 0 spiro atoms. The molecule has 0 aliphatic carbocycles. The molecule has 0 amide bonds. The van der Waals surface area contributed by atoms with E-state index >= 15 is 0 Å². The first-order valence-electron chi connectivity index (χ1n) is 7.20. The van der Waals surface area contributed by atoms with E-state index in [-0.39, 0.29) is 11.8 Å². The number of rotatable bonds is 4. The van der Waals surface area contributed by atoms with Crippen molar-refractivity contribution in [3.63, 3.8) is 0 Å². The first kappa shape index (κ1) is 15.4. The van der Waals surface area contributed by atoms with E-state index in [4.69, 9.17) is 10.5 Å². The van der Waals surface area contributed by atoms with Gasteiger partial charge >= 0.3 is 0 Å². The van der Waals surface area contributed by atoms with Crippen LogP contribution in [0, 0.1) is 20.8 Å². The molecular weight excluding hydrogens is 262 g/mol. The number of hydrogen-bond acceptors (Lipinski definition) is 3. The highest BCUT2D eigenvalue weighted by molar-refractivity contribution is 5.47. The maximum atomic E-state index is 9.57. The van der Waals surface area contributed by atoms with Gasteiger partial charge in [0.1, 0.15) is 17.2 Å². The van der Waals surface area contributed by atoms with Crippen molar-refractivity contribution in [3.8, 4) is 17.2 Å². The molecule has 0 bridgehead atoms. The summed E-state index contributed by atoms with van der Waals surface area (Å²) >= 11 is 0. The van der Waals surface area contributed by atoms with E-state index in [0.29, 0.717) is 0 Å². The van der Waals surface area contributed by atoms with Gasteiger partial charge in [0.25, 0.3) is 0 Å². The second-order valence-electron chi connectivity index (χ2n) is 5.79. The monoisotopic (exact) mass is 285 g/mol. The summed E-state index contributed by atoms with van der Waals surface area (Å²) in [5.74, 6) is 1.88. The Hall–Kier alpha value is -2.00. The molecule has 3 N–H and O–H groups in total. The molecule has 0 radical (unpaired) electrons. The van der Waals surface area contributed by atoms with Crippen molar-refractivity contribution in [1.29, 1.82) is 0 Å². The van der Waals surface area contributed by atoms with Crippen LogP contribution in [0.4, 0.5) is 0 Å². The van der Waals surface area contributed by atoms with Gasteiger partial charge in [0, 0.05) is 6.04 Å². The molecule has 112 valence electrons. The highest BCUT2D eigenvalue weighted by Crippen LogP contribution is 2.32. The average Bonchev–Trinajstić information content (AvgIpc) is 2.37. The van der Waals surface area contributed by atoms with Crippen molar-refractivity contribution in [1.82, 2.24) is 0 Å². The zero-order valence-corrected chi connectivity index (χ0v) is 13.1. The highest BCUT2D eigenvalue weighted by Gasteiger charge is 2.09. The Bertz CT molecular complexity index is 625. The second kappa shape index (κ2) is 6.19. The minimum absolute atomic E-state index is 0.148. The van der Waals surface area contributed by atoms with Crippen LogP contribution < -0.4 is 10.5 Å². The first-order chi connectivity index (χ1) is 9.86. The van der Waals surface area contributed by atoms with Gasteiger partial charge in [0.15, 0.2) is 0 Å². The molecule has 0 heterocycles. The van der Waals surface area contributed by atoms with Gasteiger partial charge in [-0.05, 0) is 74.6 Å². The predicted molar refractivity (Wildman–Crippen MR) is 86.2 cm³/mol. The maximum absolute atomic E-state index is 9.57. The molecular formula is C18H23NO2. The van der Waals surface area contributed by atoms with Gasteiger partial charge in [0.05, 0.1) is 0 Å². The van der Waals surface area contributed by atoms with Crippen LogP contribution in [0.5, 0.6) is 17.2 Å². The molecule has 2 rings (SSSR count). The van der Waals surface area contributed by atoms with Crippen LogP contribution in [0.3, 0.4) is 0 Å². The zero-order valence-electron chi connectivity index (χ0n) is 13.1. The van der Waals surface area contributed by atoms with Crippen molar-refractivity contribution in [3.05, 3.63) is 52.6 Å². The number of ether oxygens (including phenoxy) is 1. The third kappa shape index (κ3) is 3.76. The van der Waals surface area contributed by atoms with Crippen molar-refractivity contribution < 1.29 is 9.84 Å². The summed E-state index contributed by atoms with van der Waals surface area (Å²) < 4.78 is 5.99. The predicted octanol–water partition coefficient (Wildman–Crippen LogP) is 4.00. The van der Waals surface area contributed by atoms with Gasteiger partial charge in [-0.3, -0.25) is 0 Å².